The van der Waals surface area contributed by atoms with Gasteiger partial charge in [0.15, 0.2) is 22.4 Å². The summed E-state index contributed by atoms with van der Waals surface area (Å²) in [6.45, 7) is 2.98. The number of fused-ring (bicyclic) bond motifs is 3. The van der Waals surface area contributed by atoms with E-state index in [2.05, 4.69) is 17.6 Å². The fraction of sp³-hybridized carbons (Fsp3) is 0.481. The molecule has 3 rings (SSSR count). The Hall–Kier alpha value is -2.71. The quantitative estimate of drug-likeness (QED) is 0.308. The molecule has 0 aromatic heterocycles. The Morgan fingerprint density at radius 1 is 1.03 bits per heavy atom. The maximum atomic E-state index is 13.0. The van der Waals surface area contributed by atoms with Crippen molar-refractivity contribution in [2.75, 3.05) is 35.0 Å². The Balaban J connectivity index is 2.14. The van der Waals surface area contributed by atoms with E-state index >= 15 is 0 Å². The van der Waals surface area contributed by atoms with E-state index in [0.717, 1.165) is 41.6 Å². The average molecular weight is 535 g/mol. The highest BCUT2D eigenvalue weighted by molar-refractivity contribution is 7.80. The molecule has 0 aliphatic heterocycles. The number of hydrogen-bond donors (Lipinski definition) is 2. The van der Waals surface area contributed by atoms with E-state index in [0.29, 0.717) is 40.2 Å². The van der Waals surface area contributed by atoms with Crippen LogP contribution in [0.15, 0.2) is 23.0 Å². The van der Waals surface area contributed by atoms with Crippen LogP contribution in [0.4, 0.5) is 0 Å². The maximum absolute atomic E-state index is 13.0. The van der Waals surface area contributed by atoms with Crippen LogP contribution < -0.4 is 35.0 Å². The molecule has 0 unspecified atom stereocenters. The van der Waals surface area contributed by atoms with Crippen LogP contribution >= 0.6 is 23.8 Å². The number of methoxy groups -OCH3 is 4. The number of benzene rings is 1. The van der Waals surface area contributed by atoms with E-state index in [1.165, 1.54) is 20.0 Å². The fourth-order valence-corrected chi connectivity index (χ4v) is 5.25. The fourth-order valence-electron chi connectivity index (χ4n) is 4.65. The van der Waals surface area contributed by atoms with Gasteiger partial charge in [-0.3, -0.25) is 4.79 Å². The highest BCUT2D eigenvalue weighted by Gasteiger charge is 2.32. The van der Waals surface area contributed by atoms with Crippen LogP contribution in [0.25, 0.3) is 11.1 Å². The molecule has 2 aromatic rings. The number of unbranched alkanes of at least 4 members (excludes halogenated alkanes) is 3. The third-order valence-corrected chi connectivity index (χ3v) is 7.09. The minimum atomic E-state index is -0.245. The summed E-state index contributed by atoms with van der Waals surface area (Å²) in [4.78, 5) is 13.0. The second kappa shape index (κ2) is 13.0. The molecule has 0 heterocycles. The zero-order valence-corrected chi connectivity index (χ0v) is 23.2. The summed E-state index contributed by atoms with van der Waals surface area (Å²) in [6.07, 6.45) is 5.83. The second-order valence-corrected chi connectivity index (χ2v) is 9.38. The van der Waals surface area contributed by atoms with Crippen LogP contribution in [0.5, 0.6) is 23.0 Å². The third kappa shape index (κ3) is 5.81. The summed E-state index contributed by atoms with van der Waals surface area (Å²) in [5.74, 6) is 1.54. The largest absolute Gasteiger partial charge is 0.493 e. The molecule has 36 heavy (non-hydrogen) atoms. The first kappa shape index (κ1) is 27.9. The lowest BCUT2D eigenvalue weighted by Crippen LogP contribution is -2.38. The van der Waals surface area contributed by atoms with Gasteiger partial charge in [-0.2, -0.15) is 0 Å². The Labute approximate surface area is 223 Å². The first-order valence-electron chi connectivity index (χ1n) is 12.2. The normalized spacial score (nSPS) is 14.1. The number of rotatable bonds is 10. The molecule has 1 aliphatic rings. The summed E-state index contributed by atoms with van der Waals surface area (Å²) in [5.41, 5.74) is 2.95. The van der Waals surface area contributed by atoms with Crippen molar-refractivity contribution in [3.05, 3.63) is 44.6 Å². The summed E-state index contributed by atoms with van der Waals surface area (Å²) in [5, 5.41) is 7.73. The van der Waals surface area contributed by atoms with Crippen molar-refractivity contribution in [3.8, 4) is 34.1 Å². The van der Waals surface area contributed by atoms with Gasteiger partial charge in [-0.15, -0.1) is 0 Å². The van der Waals surface area contributed by atoms with Crippen LogP contribution in [-0.4, -0.2) is 40.1 Å². The topological polar surface area (TPSA) is 78.1 Å². The lowest BCUT2D eigenvalue weighted by molar-refractivity contribution is 0.325. The van der Waals surface area contributed by atoms with E-state index in [9.17, 15) is 4.79 Å². The molecule has 0 radical (unpaired) electrons. The van der Waals surface area contributed by atoms with Crippen molar-refractivity contribution in [1.29, 1.82) is 0 Å². The van der Waals surface area contributed by atoms with Crippen molar-refractivity contribution in [2.45, 2.75) is 51.5 Å². The molecule has 1 aliphatic carbocycles. The molecule has 196 valence electrons. The first-order valence-corrected chi connectivity index (χ1v) is 13.0. The average Bonchev–Trinajstić information content (AvgIpc) is 3.12. The monoisotopic (exact) mass is 534 g/mol. The molecular weight excluding hydrogens is 500 g/mol. The molecule has 0 spiro atoms. The zero-order valence-electron chi connectivity index (χ0n) is 21.6. The Bertz CT molecular complexity index is 1160. The van der Waals surface area contributed by atoms with Gasteiger partial charge < -0.3 is 29.6 Å². The molecule has 2 N–H and O–H groups in total. The standard InChI is InChI=1S/C27H35ClN2O5S/c1-6-7-8-9-14-29-27(36)30-19-12-10-17-22(16-11-13-21(32-2)20(31)15-18(16)19)24(33-3)26(35-5)25(34-4)23(17)28/h11,13,15,19H,6-10,12,14H2,1-5H3,(H2,29,30,36)/t19-/m0/s1. The van der Waals surface area contributed by atoms with Gasteiger partial charge in [0.2, 0.25) is 11.2 Å². The number of nitrogens with one attached hydrogen (secondary N) is 2. The van der Waals surface area contributed by atoms with Gasteiger partial charge in [0, 0.05) is 12.1 Å². The smallest absolute Gasteiger partial charge is 0.220 e. The summed E-state index contributed by atoms with van der Waals surface area (Å²) < 4.78 is 22.4. The molecule has 7 nitrogen and oxygen atoms in total. The predicted octanol–water partition coefficient (Wildman–Crippen LogP) is 5.43. The molecule has 2 aromatic carbocycles. The highest BCUT2D eigenvalue weighted by Crippen LogP contribution is 2.54. The Morgan fingerprint density at radius 2 is 1.75 bits per heavy atom. The SMILES string of the molecule is CCCCCCNC(=S)N[C@H]1CCc2c(Cl)c(OC)c(OC)c(OC)c2-c2ccc(OC)c(=O)cc21. The minimum absolute atomic E-state index is 0.224. The zero-order chi connectivity index (χ0) is 26.2. The number of ether oxygens (including phenoxy) is 4. The molecular formula is C27H35ClN2O5S. The minimum Gasteiger partial charge on any atom is -0.493 e. The van der Waals surface area contributed by atoms with Crippen molar-refractivity contribution in [2.24, 2.45) is 0 Å². The Kier molecular flexibility index (Phi) is 10.1. The van der Waals surface area contributed by atoms with Crippen molar-refractivity contribution >= 4 is 28.9 Å². The first-order chi connectivity index (χ1) is 17.4. The molecule has 9 heteroatoms. The van der Waals surface area contributed by atoms with Gasteiger partial charge in [0.05, 0.1) is 39.5 Å². The van der Waals surface area contributed by atoms with Crippen LogP contribution in [0.2, 0.25) is 5.02 Å². The van der Waals surface area contributed by atoms with Gasteiger partial charge in [0.25, 0.3) is 0 Å². The summed E-state index contributed by atoms with van der Waals surface area (Å²) in [7, 11) is 6.14. The second-order valence-electron chi connectivity index (χ2n) is 8.60. The highest BCUT2D eigenvalue weighted by atomic mass is 35.5. The lowest BCUT2D eigenvalue weighted by Gasteiger charge is -2.21. The number of thiocarbonyl (C=S) groups is 1. The molecule has 0 amide bonds. The van der Waals surface area contributed by atoms with Gasteiger partial charge >= 0.3 is 0 Å². The van der Waals surface area contributed by atoms with E-state index in [-0.39, 0.29) is 17.2 Å². The summed E-state index contributed by atoms with van der Waals surface area (Å²) >= 11 is 12.5. The maximum Gasteiger partial charge on any atom is 0.220 e. The number of hydrogen-bond acceptors (Lipinski definition) is 6. The molecule has 0 bridgehead atoms. The van der Waals surface area contributed by atoms with Crippen LogP contribution in [-0.2, 0) is 6.42 Å². The van der Waals surface area contributed by atoms with E-state index < -0.39 is 0 Å². The van der Waals surface area contributed by atoms with Crippen molar-refractivity contribution in [3.63, 3.8) is 0 Å². The molecule has 0 saturated heterocycles. The van der Waals surface area contributed by atoms with Crippen LogP contribution in [0.1, 0.15) is 56.2 Å². The molecule has 0 saturated carbocycles. The third-order valence-electron chi connectivity index (χ3n) is 6.43. The molecule has 1 atom stereocenters. The van der Waals surface area contributed by atoms with Crippen LogP contribution in [0, 0.1) is 0 Å². The van der Waals surface area contributed by atoms with E-state index in [4.69, 9.17) is 42.8 Å². The molecule has 0 fully saturated rings. The van der Waals surface area contributed by atoms with Gasteiger partial charge in [-0.05, 0) is 60.3 Å². The van der Waals surface area contributed by atoms with Gasteiger partial charge in [-0.1, -0.05) is 43.9 Å². The summed E-state index contributed by atoms with van der Waals surface area (Å²) in [6, 6.07) is 4.89. The van der Waals surface area contributed by atoms with E-state index in [1.807, 2.05) is 6.07 Å². The number of halogens is 1. The predicted molar refractivity (Wildman–Crippen MR) is 148 cm³/mol. The lowest BCUT2D eigenvalue weighted by atomic mass is 9.95. The van der Waals surface area contributed by atoms with Crippen molar-refractivity contribution in [1.82, 2.24) is 10.6 Å². The van der Waals surface area contributed by atoms with Gasteiger partial charge in [0.1, 0.15) is 0 Å². The Morgan fingerprint density at radius 3 is 2.39 bits per heavy atom. The van der Waals surface area contributed by atoms with Crippen molar-refractivity contribution < 1.29 is 18.9 Å². The van der Waals surface area contributed by atoms with Gasteiger partial charge in [-0.25, -0.2) is 0 Å². The van der Waals surface area contributed by atoms with E-state index in [1.54, 1.807) is 33.5 Å². The van der Waals surface area contributed by atoms with Crippen LogP contribution in [0.3, 0.4) is 0 Å².